The molecule has 3 rings (SSSR count). The molecule has 0 spiro atoms. The van der Waals surface area contributed by atoms with Gasteiger partial charge in [0.25, 0.3) is 0 Å². The molecule has 2 aromatic carbocycles. The highest BCUT2D eigenvalue weighted by atomic mass is 79.9. The fourth-order valence-corrected chi connectivity index (χ4v) is 6.42. The topological polar surface area (TPSA) is 72.6 Å². The van der Waals surface area contributed by atoms with E-state index in [9.17, 15) is 13.5 Å². The normalized spacial score (nSPS) is 18.7. The highest BCUT2D eigenvalue weighted by molar-refractivity contribution is 8.13. The maximum Gasteiger partial charge on any atom is 0.311 e. The van der Waals surface area contributed by atoms with Gasteiger partial charge in [0, 0.05) is 12.1 Å². The van der Waals surface area contributed by atoms with E-state index in [4.69, 9.17) is 11.6 Å². The van der Waals surface area contributed by atoms with Crippen LogP contribution in [0.3, 0.4) is 0 Å². The van der Waals surface area contributed by atoms with Gasteiger partial charge in [-0.15, -0.1) is 0 Å². The van der Waals surface area contributed by atoms with Crippen LogP contribution in [0.4, 0.5) is 0 Å². The van der Waals surface area contributed by atoms with Crippen LogP contribution in [0.15, 0.2) is 53.4 Å². The summed E-state index contributed by atoms with van der Waals surface area (Å²) in [6.07, 6.45) is 0. The van der Waals surface area contributed by atoms with Crippen molar-refractivity contribution < 1.29 is 35.1 Å². The summed E-state index contributed by atoms with van der Waals surface area (Å²) in [4.78, 5) is 1.77. The summed E-state index contributed by atoms with van der Waals surface area (Å²) in [7, 11) is -2.04. The standard InChI is InChI=1S/C21H27ClN3O3S2.BrH/c1-4-25(5-2)20-24(3)21(26,15-29-20)17-11-12-18(22)19(13-17)30(27,28)23-14-16-9-7-6-8-10-16;/h6-13,23,26H,4-5,14-15H2,1-3H3;1H/q+1;/p-1. The van der Waals surface area contributed by atoms with E-state index in [-0.39, 0.29) is 33.4 Å². The second-order valence-electron chi connectivity index (χ2n) is 7.07. The van der Waals surface area contributed by atoms with Crippen LogP contribution < -0.4 is 21.7 Å². The van der Waals surface area contributed by atoms with Gasteiger partial charge < -0.3 is 22.1 Å². The lowest BCUT2D eigenvalue weighted by atomic mass is 10.0. The molecule has 6 nitrogen and oxygen atoms in total. The van der Waals surface area contributed by atoms with Crippen LogP contribution in [0.1, 0.15) is 25.0 Å². The quantitative estimate of drug-likeness (QED) is 0.479. The third-order valence-corrected chi connectivity index (χ3v) is 8.49. The Hall–Kier alpha value is -1.10. The Morgan fingerprint density at radius 1 is 1.19 bits per heavy atom. The summed E-state index contributed by atoms with van der Waals surface area (Å²) < 4.78 is 30.6. The summed E-state index contributed by atoms with van der Waals surface area (Å²) in [6.45, 7) is 5.93. The van der Waals surface area contributed by atoms with Gasteiger partial charge in [0.1, 0.15) is 4.90 Å². The SMILES string of the molecule is CC[N+](CC)=C1SCC(O)(c2ccc(Cl)c(S(=O)(=O)NCc3ccccc3)c2)N1C.[Br-]. The van der Waals surface area contributed by atoms with Gasteiger partial charge in [-0.3, -0.25) is 4.58 Å². The molecule has 2 N–H and O–H groups in total. The average molecular weight is 549 g/mol. The molecule has 0 aliphatic carbocycles. The molecule has 1 unspecified atom stereocenters. The number of sulfonamides is 1. The Labute approximate surface area is 204 Å². The molecule has 1 heterocycles. The zero-order chi connectivity index (χ0) is 21.9. The third-order valence-electron chi connectivity index (χ3n) is 5.27. The molecule has 1 atom stereocenters. The molecule has 2 aromatic rings. The second kappa shape index (κ2) is 10.7. The van der Waals surface area contributed by atoms with Crippen LogP contribution in [0.5, 0.6) is 0 Å². The number of nitrogens with zero attached hydrogens (tertiary/aromatic N) is 2. The Balaban J connectivity index is 0.00000341. The van der Waals surface area contributed by atoms with Crippen LogP contribution in [-0.2, 0) is 22.3 Å². The number of hydrogen-bond acceptors (Lipinski definition) is 4. The first kappa shape index (κ1) is 26.2. The van der Waals surface area contributed by atoms with E-state index in [1.165, 1.54) is 12.1 Å². The van der Waals surface area contributed by atoms with Crippen molar-refractivity contribution in [2.24, 2.45) is 0 Å². The summed E-state index contributed by atoms with van der Waals surface area (Å²) in [5.74, 6) is 0.397. The van der Waals surface area contributed by atoms with Crippen molar-refractivity contribution in [3.05, 3.63) is 64.7 Å². The average Bonchev–Trinajstić information content (AvgIpc) is 3.04. The Kier molecular flexibility index (Phi) is 9.01. The maximum atomic E-state index is 12.9. The van der Waals surface area contributed by atoms with E-state index in [1.54, 1.807) is 17.8 Å². The van der Waals surface area contributed by atoms with Crippen LogP contribution in [0.25, 0.3) is 0 Å². The van der Waals surface area contributed by atoms with Crippen molar-refractivity contribution in [2.45, 2.75) is 31.0 Å². The van der Waals surface area contributed by atoms with E-state index >= 15 is 0 Å². The molecular weight excluding hydrogens is 522 g/mol. The monoisotopic (exact) mass is 547 g/mol. The highest BCUT2D eigenvalue weighted by Crippen LogP contribution is 2.39. The van der Waals surface area contributed by atoms with Gasteiger partial charge >= 0.3 is 5.17 Å². The zero-order valence-electron chi connectivity index (χ0n) is 17.7. The molecule has 170 valence electrons. The van der Waals surface area contributed by atoms with Crippen molar-refractivity contribution >= 4 is 38.6 Å². The van der Waals surface area contributed by atoms with Gasteiger partial charge in [-0.2, -0.15) is 0 Å². The Morgan fingerprint density at radius 2 is 1.84 bits per heavy atom. The summed E-state index contributed by atoms with van der Waals surface area (Å²) in [5, 5.41) is 12.5. The minimum absolute atomic E-state index is 0. The number of hydrogen-bond donors (Lipinski definition) is 2. The lowest BCUT2D eigenvalue weighted by molar-refractivity contribution is -0.523. The first-order chi connectivity index (χ1) is 14.2. The van der Waals surface area contributed by atoms with Gasteiger partial charge in [0.15, 0.2) is 0 Å². The van der Waals surface area contributed by atoms with Crippen molar-refractivity contribution in [1.82, 2.24) is 9.62 Å². The molecule has 1 saturated heterocycles. The third kappa shape index (κ3) is 5.46. The minimum atomic E-state index is -3.86. The molecule has 31 heavy (non-hydrogen) atoms. The Morgan fingerprint density at radius 3 is 2.45 bits per heavy atom. The lowest BCUT2D eigenvalue weighted by Crippen LogP contribution is -3.00. The molecule has 10 heteroatoms. The van der Waals surface area contributed by atoms with Crippen molar-refractivity contribution in [2.75, 3.05) is 25.9 Å². The number of amidine groups is 1. The summed E-state index contributed by atoms with van der Waals surface area (Å²) >= 11 is 7.80. The predicted octanol–water partition coefficient (Wildman–Crippen LogP) is 0.0545. The minimum Gasteiger partial charge on any atom is -1.00 e. The number of rotatable bonds is 7. The lowest BCUT2D eigenvalue weighted by Gasteiger charge is -2.26. The van der Waals surface area contributed by atoms with Crippen LogP contribution in [0, 0.1) is 0 Å². The summed E-state index contributed by atoms with van der Waals surface area (Å²) in [6, 6.07) is 13.9. The Bertz CT molecular complexity index is 1050. The van der Waals surface area contributed by atoms with Crippen molar-refractivity contribution in [1.29, 1.82) is 0 Å². The molecule has 0 amide bonds. The van der Waals surface area contributed by atoms with E-state index in [0.717, 1.165) is 23.8 Å². The first-order valence-corrected chi connectivity index (χ1v) is 12.6. The van der Waals surface area contributed by atoms with Gasteiger partial charge in [-0.1, -0.05) is 48.0 Å². The van der Waals surface area contributed by atoms with Crippen LogP contribution >= 0.6 is 23.4 Å². The predicted molar refractivity (Wildman–Crippen MR) is 122 cm³/mol. The van der Waals surface area contributed by atoms with Gasteiger partial charge in [0.05, 0.1) is 30.9 Å². The maximum absolute atomic E-state index is 12.9. The zero-order valence-corrected chi connectivity index (χ0v) is 21.7. The van der Waals surface area contributed by atoms with E-state index in [0.29, 0.717) is 11.3 Å². The van der Waals surface area contributed by atoms with E-state index < -0.39 is 15.7 Å². The van der Waals surface area contributed by atoms with Crippen LogP contribution in [-0.4, -0.2) is 54.1 Å². The molecule has 0 aromatic heterocycles. The largest absolute Gasteiger partial charge is 1.00 e. The van der Waals surface area contributed by atoms with Crippen molar-refractivity contribution in [3.8, 4) is 0 Å². The van der Waals surface area contributed by atoms with E-state index in [1.807, 2.05) is 42.3 Å². The number of benzene rings is 2. The van der Waals surface area contributed by atoms with Gasteiger partial charge in [0.2, 0.25) is 15.7 Å². The smallest absolute Gasteiger partial charge is 0.311 e. The molecule has 0 radical (unpaired) electrons. The molecule has 1 fully saturated rings. The molecule has 0 bridgehead atoms. The van der Waals surface area contributed by atoms with Gasteiger partial charge in [-0.25, -0.2) is 18.0 Å². The summed E-state index contributed by atoms with van der Waals surface area (Å²) in [5.41, 5.74) is 0.0122. The molecular formula is C21H27BrClN3O3S2. The molecule has 0 saturated carbocycles. The molecule has 1 aliphatic heterocycles. The molecule has 1 aliphatic rings. The fourth-order valence-electron chi connectivity index (χ4n) is 3.40. The second-order valence-corrected chi connectivity index (χ2v) is 10.2. The van der Waals surface area contributed by atoms with E-state index in [2.05, 4.69) is 23.1 Å². The number of thioether (sulfide) groups is 1. The number of halogens is 2. The van der Waals surface area contributed by atoms with Crippen molar-refractivity contribution in [3.63, 3.8) is 0 Å². The van der Waals surface area contributed by atoms with Crippen LogP contribution in [0.2, 0.25) is 5.02 Å². The van der Waals surface area contributed by atoms with Gasteiger partial charge in [-0.05, 0) is 43.3 Å². The number of nitrogens with one attached hydrogen (secondary N) is 1. The first-order valence-electron chi connectivity index (χ1n) is 9.77. The fraction of sp³-hybridized carbons (Fsp3) is 0.381. The number of aliphatic hydroxyl groups is 1. The highest BCUT2D eigenvalue weighted by Gasteiger charge is 2.50.